The zero-order chi connectivity index (χ0) is 14.0. The first-order valence-electron chi connectivity index (χ1n) is 6.26. The van der Waals surface area contributed by atoms with Gasteiger partial charge in [0.1, 0.15) is 5.75 Å². The molecule has 0 unspecified atom stereocenters. The van der Waals surface area contributed by atoms with E-state index in [-0.39, 0.29) is 5.78 Å². The molecule has 0 bridgehead atoms. The molecular formula is C15H23NO2. The third-order valence-corrected chi connectivity index (χ3v) is 3.61. The van der Waals surface area contributed by atoms with E-state index in [0.717, 1.165) is 5.75 Å². The van der Waals surface area contributed by atoms with Gasteiger partial charge in [0.25, 0.3) is 0 Å². The molecule has 0 aliphatic heterocycles. The first kappa shape index (κ1) is 14.7. The summed E-state index contributed by atoms with van der Waals surface area (Å²) in [5.74, 6) is 0.830. The molecule has 2 N–H and O–H groups in total. The fourth-order valence-corrected chi connectivity index (χ4v) is 1.52. The minimum absolute atomic E-state index is 0.0537. The summed E-state index contributed by atoms with van der Waals surface area (Å²) in [4.78, 5) is 12.5. The lowest BCUT2D eigenvalue weighted by Crippen LogP contribution is -2.51. The molecule has 0 aromatic heterocycles. The van der Waals surface area contributed by atoms with Crippen molar-refractivity contribution in [2.45, 2.75) is 40.2 Å². The molecule has 0 atom stereocenters. The summed E-state index contributed by atoms with van der Waals surface area (Å²) in [6, 6.07) is 7.22. The Kier molecular flexibility index (Phi) is 4.17. The van der Waals surface area contributed by atoms with Crippen LogP contribution in [0.25, 0.3) is 0 Å². The molecule has 0 fully saturated rings. The number of nitrogens with two attached hydrogens (primary N) is 1. The summed E-state index contributed by atoms with van der Waals surface area (Å²) in [5, 5.41) is 0. The number of benzene rings is 1. The predicted molar refractivity (Wildman–Crippen MR) is 74.0 cm³/mol. The van der Waals surface area contributed by atoms with Gasteiger partial charge in [-0.05, 0) is 45.0 Å². The third-order valence-electron chi connectivity index (χ3n) is 3.61. The molecule has 1 aromatic rings. The minimum atomic E-state index is -0.611. The van der Waals surface area contributed by atoms with Crippen molar-refractivity contribution < 1.29 is 9.53 Å². The maximum Gasteiger partial charge on any atom is 0.170 e. The second-order valence-corrected chi connectivity index (χ2v) is 5.63. The van der Waals surface area contributed by atoms with E-state index in [9.17, 15) is 4.79 Å². The highest BCUT2D eigenvalue weighted by Gasteiger charge is 2.40. The molecule has 3 heteroatoms. The van der Waals surface area contributed by atoms with Crippen LogP contribution in [0.1, 0.15) is 45.0 Å². The number of ketones is 1. The Labute approximate surface area is 109 Å². The Balaban J connectivity index is 2.98. The molecule has 0 saturated carbocycles. The van der Waals surface area contributed by atoms with Gasteiger partial charge < -0.3 is 10.5 Å². The average Bonchev–Trinajstić information content (AvgIpc) is 2.28. The second-order valence-electron chi connectivity index (χ2n) is 5.63. The fourth-order valence-electron chi connectivity index (χ4n) is 1.52. The molecule has 1 aromatic carbocycles. The summed E-state index contributed by atoms with van der Waals surface area (Å²) in [5.41, 5.74) is 5.57. The highest BCUT2D eigenvalue weighted by molar-refractivity contribution is 6.01. The van der Waals surface area contributed by atoms with Gasteiger partial charge in [0.15, 0.2) is 5.78 Å². The van der Waals surface area contributed by atoms with Crippen LogP contribution in [-0.4, -0.2) is 17.9 Å². The Bertz CT molecular complexity index is 413. The van der Waals surface area contributed by atoms with Gasteiger partial charge in [-0.15, -0.1) is 0 Å². The Morgan fingerprint density at radius 2 is 1.67 bits per heavy atom. The molecule has 0 aliphatic carbocycles. The lowest BCUT2D eigenvalue weighted by Gasteiger charge is -2.37. The Hall–Kier alpha value is -1.35. The van der Waals surface area contributed by atoms with E-state index in [1.54, 1.807) is 12.1 Å². The number of hydrogen-bond donors (Lipinski definition) is 1. The standard InChI is InChI=1S/C15H23NO2/c1-6-18-12-9-7-11(8-10-12)13(17)14(2,3)15(4,5)16/h7-10H,6,16H2,1-5H3. The maximum atomic E-state index is 12.5. The predicted octanol–water partition coefficient (Wildman–Crippen LogP) is 3.03. The van der Waals surface area contributed by atoms with Gasteiger partial charge in [-0.3, -0.25) is 4.79 Å². The monoisotopic (exact) mass is 249 g/mol. The van der Waals surface area contributed by atoms with Crippen LogP contribution in [0.3, 0.4) is 0 Å². The first-order valence-corrected chi connectivity index (χ1v) is 6.26. The average molecular weight is 249 g/mol. The number of carbonyl (C=O) groups is 1. The topological polar surface area (TPSA) is 52.3 Å². The van der Waals surface area contributed by atoms with Crippen LogP contribution in [0, 0.1) is 5.41 Å². The molecule has 0 amide bonds. The third kappa shape index (κ3) is 2.91. The summed E-state index contributed by atoms with van der Waals surface area (Å²) in [7, 11) is 0. The SMILES string of the molecule is CCOc1ccc(C(=O)C(C)(C)C(C)(C)N)cc1. The van der Waals surface area contributed by atoms with E-state index < -0.39 is 11.0 Å². The molecule has 18 heavy (non-hydrogen) atoms. The molecule has 0 spiro atoms. The summed E-state index contributed by atoms with van der Waals surface area (Å²) in [6.07, 6.45) is 0. The van der Waals surface area contributed by atoms with Gasteiger partial charge in [-0.25, -0.2) is 0 Å². The van der Waals surface area contributed by atoms with Crippen molar-refractivity contribution in [3.63, 3.8) is 0 Å². The highest BCUT2D eigenvalue weighted by Crippen LogP contribution is 2.32. The van der Waals surface area contributed by atoms with Gasteiger partial charge in [0, 0.05) is 16.5 Å². The van der Waals surface area contributed by atoms with Crippen molar-refractivity contribution >= 4 is 5.78 Å². The van der Waals surface area contributed by atoms with Crippen molar-refractivity contribution in [2.75, 3.05) is 6.61 Å². The highest BCUT2D eigenvalue weighted by atomic mass is 16.5. The smallest absolute Gasteiger partial charge is 0.170 e. The molecule has 1 rings (SSSR count). The Morgan fingerprint density at radius 3 is 2.06 bits per heavy atom. The number of Topliss-reactive ketones (excluding diaryl/α,β-unsaturated/α-hetero) is 1. The molecular weight excluding hydrogens is 226 g/mol. The van der Waals surface area contributed by atoms with Crippen molar-refractivity contribution in [1.82, 2.24) is 0 Å². The fraction of sp³-hybridized carbons (Fsp3) is 0.533. The van der Waals surface area contributed by atoms with E-state index >= 15 is 0 Å². The number of carbonyl (C=O) groups excluding carboxylic acids is 1. The molecule has 0 heterocycles. The van der Waals surface area contributed by atoms with Crippen LogP contribution < -0.4 is 10.5 Å². The van der Waals surface area contributed by atoms with E-state index in [4.69, 9.17) is 10.5 Å². The summed E-state index contributed by atoms with van der Waals surface area (Å²) in [6.45, 7) is 10.1. The van der Waals surface area contributed by atoms with Crippen LogP contribution in [0.15, 0.2) is 24.3 Å². The largest absolute Gasteiger partial charge is 0.494 e. The van der Waals surface area contributed by atoms with Gasteiger partial charge in [-0.1, -0.05) is 13.8 Å². The second kappa shape index (κ2) is 5.11. The van der Waals surface area contributed by atoms with Crippen LogP contribution in [0.2, 0.25) is 0 Å². The van der Waals surface area contributed by atoms with E-state index in [1.807, 2.05) is 46.8 Å². The van der Waals surface area contributed by atoms with Crippen molar-refractivity contribution in [3.8, 4) is 5.75 Å². The van der Waals surface area contributed by atoms with Gasteiger partial charge in [0.05, 0.1) is 6.61 Å². The van der Waals surface area contributed by atoms with E-state index in [1.165, 1.54) is 0 Å². The number of ether oxygens (including phenoxy) is 1. The Morgan fingerprint density at radius 1 is 1.17 bits per heavy atom. The van der Waals surface area contributed by atoms with Crippen LogP contribution in [0.4, 0.5) is 0 Å². The maximum absolute atomic E-state index is 12.5. The lowest BCUT2D eigenvalue weighted by atomic mass is 9.70. The van der Waals surface area contributed by atoms with Crippen LogP contribution >= 0.6 is 0 Å². The van der Waals surface area contributed by atoms with Gasteiger partial charge in [0.2, 0.25) is 0 Å². The molecule has 0 aliphatic rings. The van der Waals surface area contributed by atoms with E-state index in [0.29, 0.717) is 12.2 Å². The van der Waals surface area contributed by atoms with Crippen molar-refractivity contribution in [2.24, 2.45) is 11.1 Å². The first-order chi connectivity index (χ1) is 8.20. The van der Waals surface area contributed by atoms with Gasteiger partial charge in [-0.2, -0.15) is 0 Å². The summed E-state index contributed by atoms with van der Waals surface area (Å²) >= 11 is 0. The lowest BCUT2D eigenvalue weighted by molar-refractivity contribution is 0.0735. The van der Waals surface area contributed by atoms with Crippen LogP contribution in [-0.2, 0) is 0 Å². The molecule has 0 radical (unpaired) electrons. The number of hydrogen-bond acceptors (Lipinski definition) is 3. The number of rotatable bonds is 5. The quantitative estimate of drug-likeness (QED) is 0.816. The molecule has 3 nitrogen and oxygen atoms in total. The van der Waals surface area contributed by atoms with Gasteiger partial charge >= 0.3 is 0 Å². The normalized spacial score (nSPS) is 12.3. The van der Waals surface area contributed by atoms with Crippen LogP contribution in [0.5, 0.6) is 5.75 Å². The van der Waals surface area contributed by atoms with E-state index in [2.05, 4.69) is 0 Å². The summed E-state index contributed by atoms with van der Waals surface area (Å²) < 4.78 is 5.36. The zero-order valence-corrected chi connectivity index (χ0v) is 11.9. The molecule has 100 valence electrons. The zero-order valence-electron chi connectivity index (χ0n) is 11.9. The van der Waals surface area contributed by atoms with Crippen molar-refractivity contribution in [1.29, 1.82) is 0 Å². The minimum Gasteiger partial charge on any atom is -0.494 e. The molecule has 0 saturated heterocycles. The van der Waals surface area contributed by atoms with Crippen molar-refractivity contribution in [3.05, 3.63) is 29.8 Å².